The van der Waals surface area contributed by atoms with E-state index in [1.165, 1.54) is 0 Å². The van der Waals surface area contributed by atoms with E-state index in [4.69, 9.17) is 4.74 Å². The monoisotopic (exact) mass is 270 g/mol. The third-order valence-electron chi connectivity index (χ3n) is 4.83. The van der Waals surface area contributed by atoms with Gasteiger partial charge in [-0.1, -0.05) is 0 Å². The highest BCUT2D eigenvalue weighted by Crippen LogP contribution is 2.50. The van der Waals surface area contributed by atoms with E-state index < -0.39 is 0 Å². The fourth-order valence-electron chi connectivity index (χ4n) is 3.39. The van der Waals surface area contributed by atoms with Gasteiger partial charge in [-0.05, 0) is 32.9 Å². The molecule has 1 aliphatic heterocycles. The number of piperidine rings is 1. The summed E-state index contributed by atoms with van der Waals surface area (Å²) >= 11 is 0. The van der Waals surface area contributed by atoms with Gasteiger partial charge in [-0.25, -0.2) is 0 Å². The zero-order valence-electron chi connectivity index (χ0n) is 12.0. The molecule has 1 amide bonds. The predicted octanol–water partition coefficient (Wildman–Crippen LogP) is 0.374. The quantitative estimate of drug-likeness (QED) is 0.758. The molecule has 2 aliphatic rings. The van der Waals surface area contributed by atoms with Crippen molar-refractivity contribution >= 4 is 5.91 Å². The van der Waals surface area contributed by atoms with E-state index in [1.54, 1.807) is 7.05 Å². The molecule has 110 valence electrons. The largest absolute Gasteiger partial charge is 0.392 e. The Balaban J connectivity index is 1.79. The minimum Gasteiger partial charge on any atom is -0.392 e. The van der Waals surface area contributed by atoms with Gasteiger partial charge in [-0.15, -0.1) is 0 Å². The van der Waals surface area contributed by atoms with E-state index >= 15 is 0 Å². The van der Waals surface area contributed by atoms with Crippen LogP contribution in [0.4, 0.5) is 0 Å². The number of ether oxygens (including phenoxy) is 1. The van der Waals surface area contributed by atoms with E-state index in [0.29, 0.717) is 6.42 Å². The molecule has 0 aromatic carbocycles. The number of hydrogen-bond acceptors (Lipinski definition) is 4. The van der Waals surface area contributed by atoms with Crippen LogP contribution in [0.2, 0.25) is 0 Å². The summed E-state index contributed by atoms with van der Waals surface area (Å²) in [6.07, 6.45) is 3.32. The zero-order chi connectivity index (χ0) is 13.9. The summed E-state index contributed by atoms with van der Waals surface area (Å²) in [4.78, 5) is 13.6. The van der Waals surface area contributed by atoms with Gasteiger partial charge in [-0.3, -0.25) is 4.79 Å². The number of rotatable bonds is 5. The van der Waals surface area contributed by atoms with Crippen molar-refractivity contribution in [3.63, 3.8) is 0 Å². The maximum atomic E-state index is 11.2. The molecule has 1 saturated carbocycles. The maximum absolute atomic E-state index is 11.2. The summed E-state index contributed by atoms with van der Waals surface area (Å²) in [5.41, 5.74) is -0.0144. The Bertz CT molecular complexity index is 312. The smallest absolute Gasteiger partial charge is 0.221 e. The van der Waals surface area contributed by atoms with Gasteiger partial charge in [0.2, 0.25) is 5.91 Å². The van der Waals surface area contributed by atoms with Crippen molar-refractivity contribution in [1.82, 2.24) is 10.2 Å². The Kier molecular flexibility index (Phi) is 4.81. The minimum absolute atomic E-state index is 0.0144. The lowest BCUT2D eigenvalue weighted by Gasteiger charge is -2.56. The second kappa shape index (κ2) is 6.20. The van der Waals surface area contributed by atoms with Gasteiger partial charge in [-0.2, -0.15) is 0 Å². The van der Waals surface area contributed by atoms with Gasteiger partial charge in [0.1, 0.15) is 0 Å². The highest BCUT2D eigenvalue weighted by molar-refractivity contribution is 5.75. The van der Waals surface area contributed by atoms with E-state index in [1.807, 2.05) is 6.92 Å². The molecule has 0 radical (unpaired) electrons. The first-order chi connectivity index (χ1) is 9.12. The Morgan fingerprint density at radius 1 is 1.47 bits per heavy atom. The van der Waals surface area contributed by atoms with Crippen LogP contribution in [0.1, 0.15) is 32.6 Å². The summed E-state index contributed by atoms with van der Waals surface area (Å²) in [6, 6.07) is 0. The van der Waals surface area contributed by atoms with Crippen LogP contribution >= 0.6 is 0 Å². The van der Waals surface area contributed by atoms with Crippen LogP contribution in [0.15, 0.2) is 0 Å². The van der Waals surface area contributed by atoms with E-state index in [9.17, 15) is 9.90 Å². The Hall–Kier alpha value is -0.650. The van der Waals surface area contributed by atoms with Gasteiger partial charge in [0.05, 0.1) is 12.2 Å². The summed E-state index contributed by atoms with van der Waals surface area (Å²) < 4.78 is 5.75. The number of carbonyl (C=O) groups excluding carboxylic acids is 1. The molecule has 2 atom stereocenters. The first-order valence-corrected chi connectivity index (χ1v) is 7.35. The van der Waals surface area contributed by atoms with Gasteiger partial charge in [0.15, 0.2) is 0 Å². The number of likely N-dealkylation sites (tertiary alicyclic amines) is 1. The molecule has 2 fully saturated rings. The van der Waals surface area contributed by atoms with Crippen molar-refractivity contribution in [2.45, 2.75) is 44.8 Å². The lowest BCUT2D eigenvalue weighted by Crippen LogP contribution is -2.62. The normalized spacial score (nSPS) is 30.1. The molecule has 5 nitrogen and oxygen atoms in total. The van der Waals surface area contributed by atoms with Crippen LogP contribution in [-0.4, -0.2) is 61.4 Å². The molecule has 5 heteroatoms. The number of aliphatic hydroxyl groups is 1. The third kappa shape index (κ3) is 2.93. The molecule has 0 aromatic heterocycles. The van der Waals surface area contributed by atoms with Crippen LogP contribution in [0.3, 0.4) is 0 Å². The highest BCUT2D eigenvalue weighted by Gasteiger charge is 2.55. The van der Waals surface area contributed by atoms with Crippen molar-refractivity contribution in [3.8, 4) is 0 Å². The van der Waals surface area contributed by atoms with Crippen LogP contribution < -0.4 is 5.32 Å². The summed E-state index contributed by atoms with van der Waals surface area (Å²) in [5, 5.41) is 12.7. The average Bonchev–Trinajstić information content (AvgIpc) is 2.45. The molecular formula is C14H26N2O3. The van der Waals surface area contributed by atoms with E-state index in [0.717, 1.165) is 45.5 Å². The molecule has 1 saturated heterocycles. The van der Waals surface area contributed by atoms with Gasteiger partial charge in [0.25, 0.3) is 0 Å². The average molecular weight is 270 g/mol. The summed E-state index contributed by atoms with van der Waals surface area (Å²) in [7, 11) is 1.67. The number of amides is 1. The van der Waals surface area contributed by atoms with Crippen molar-refractivity contribution < 1.29 is 14.6 Å². The van der Waals surface area contributed by atoms with Crippen molar-refractivity contribution in [3.05, 3.63) is 0 Å². The molecule has 0 bridgehead atoms. The molecule has 0 aromatic rings. The standard InChI is InChI=1S/C14H26N2O3/c1-3-19-12-10-11(17)14(12)5-8-16(9-6-14)7-4-13(18)15-2/h11-12,17H,3-10H2,1-2H3,(H,15,18). The van der Waals surface area contributed by atoms with Crippen molar-refractivity contribution in [2.75, 3.05) is 33.3 Å². The van der Waals surface area contributed by atoms with Crippen LogP contribution in [-0.2, 0) is 9.53 Å². The second-order valence-corrected chi connectivity index (χ2v) is 5.69. The lowest BCUT2D eigenvalue weighted by molar-refractivity contribution is -0.209. The van der Waals surface area contributed by atoms with Crippen molar-refractivity contribution in [1.29, 1.82) is 0 Å². The maximum Gasteiger partial charge on any atom is 0.221 e. The predicted molar refractivity (Wildman–Crippen MR) is 72.8 cm³/mol. The molecule has 2 unspecified atom stereocenters. The van der Waals surface area contributed by atoms with Gasteiger partial charge in [0, 0.05) is 38.5 Å². The fourth-order valence-corrected chi connectivity index (χ4v) is 3.39. The molecule has 2 N–H and O–H groups in total. The molecule has 1 aliphatic carbocycles. The lowest BCUT2D eigenvalue weighted by atomic mass is 9.58. The molecule has 1 spiro atoms. The van der Waals surface area contributed by atoms with E-state index in [-0.39, 0.29) is 23.5 Å². The Morgan fingerprint density at radius 3 is 2.68 bits per heavy atom. The fraction of sp³-hybridized carbons (Fsp3) is 0.929. The highest BCUT2D eigenvalue weighted by atomic mass is 16.5. The summed E-state index contributed by atoms with van der Waals surface area (Å²) in [5.74, 6) is 0.0937. The third-order valence-corrected chi connectivity index (χ3v) is 4.83. The van der Waals surface area contributed by atoms with E-state index in [2.05, 4.69) is 10.2 Å². The number of hydrogen-bond donors (Lipinski definition) is 2. The van der Waals surface area contributed by atoms with Gasteiger partial charge < -0.3 is 20.1 Å². The topological polar surface area (TPSA) is 61.8 Å². The number of nitrogens with one attached hydrogen (secondary N) is 1. The first kappa shape index (κ1) is 14.8. The number of carbonyl (C=O) groups is 1. The SMILES string of the molecule is CCOC1CC(O)C12CCN(CCC(=O)NC)CC2. The molecule has 19 heavy (non-hydrogen) atoms. The summed E-state index contributed by atoms with van der Waals surface area (Å²) in [6.45, 7) is 5.46. The first-order valence-electron chi connectivity index (χ1n) is 7.35. The number of nitrogens with zero attached hydrogens (tertiary/aromatic N) is 1. The second-order valence-electron chi connectivity index (χ2n) is 5.69. The minimum atomic E-state index is -0.204. The van der Waals surface area contributed by atoms with Crippen molar-refractivity contribution in [2.24, 2.45) is 5.41 Å². The van der Waals surface area contributed by atoms with Crippen LogP contribution in [0, 0.1) is 5.41 Å². The Labute approximate surface area is 115 Å². The molecule has 2 rings (SSSR count). The van der Waals surface area contributed by atoms with Crippen LogP contribution in [0.5, 0.6) is 0 Å². The van der Waals surface area contributed by atoms with Gasteiger partial charge >= 0.3 is 0 Å². The molecule has 1 heterocycles. The zero-order valence-corrected chi connectivity index (χ0v) is 12.0. The number of aliphatic hydroxyl groups excluding tert-OH is 1. The van der Waals surface area contributed by atoms with Crippen LogP contribution in [0.25, 0.3) is 0 Å². The molecular weight excluding hydrogens is 244 g/mol. The Morgan fingerprint density at radius 2 is 2.16 bits per heavy atom.